The first-order valence-corrected chi connectivity index (χ1v) is 7.53. The van der Waals surface area contributed by atoms with Crippen molar-refractivity contribution in [1.29, 1.82) is 0 Å². The first kappa shape index (κ1) is 14.2. The number of nitrogens with one attached hydrogen (secondary N) is 1. The first-order valence-electron chi connectivity index (χ1n) is 7.53. The van der Waals surface area contributed by atoms with Crippen molar-refractivity contribution >= 4 is 11.7 Å². The summed E-state index contributed by atoms with van der Waals surface area (Å²) in [5, 5.41) is 13.1. The van der Waals surface area contributed by atoms with Gasteiger partial charge >= 0.3 is 5.97 Å². The minimum Gasteiger partial charge on any atom is -0.497 e. The Morgan fingerprint density at radius 2 is 2.33 bits per heavy atom. The third-order valence-corrected chi connectivity index (χ3v) is 4.77. The van der Waals surface area contributed by atoms with Crippen LogP contribution in [0.25, 0.3) is 0 Å². The SMILES string of the molecule is COc1cccc(NC2(C(=O)O)CCN3CCCC3C2)c1. The van der Waals surface area contributed by atoms with E-state index in [0.29, 0.717) is 18.9 Å². The average molecular weight is 290 g/mol. The fraction of sp³-hybridized carbons (Fsp3) is 0.562. The van der Waals surface area contributed by atoms with Gasteiger partial charge in [-0.3, -0.25) is 0 Å². The zero-order valence-corrected chi connectivity index (χ0v) is 12.3. The maximum atomic E-state index is 11.9. The summed E-state index contributed by atoms with van der Waals surface area (Å²) in [6.45, 7) is 1.97. The van der Waals surface area contributed by atoms with Crippen LogP contribution in [-0.4, -0.2) is 47.8 Å². The molecule has 0 bridgehead atoms. The maximum Gasteiger partial charge on any atom is 0.329 e. The number of fused-ring (bicyclic) bond motifs is 1. The molecule has 2 fully saturated rings. The molecule has 2 N–H and O–H groups in total. The molecule has 2 atom stereocenters. The predicted octanol–water partition coefficient (Wildman–Crippen LogP) is 2.19. The van der Waals surface area contributed by atoms with Gasteiger partial charge in [-0.15, -0.1) is 0 Å². The third-order valence-electron chi connectivity index (χ3n) is 4.77. The summed E-state index contributed by atoms with van der Waals surface area (Å²) in [7, 11) is 1.61. The fourth-order valence-corrected chi connectivity index (χ4v) is 3.60. The van der Waals surface area contributed by atoms with Crippen LogP contribution in [-0.2, 0) is 4.79 Å². The Labute approximate surface area is 124 Å². The van der Waals surface area contributed by atoms with E-state index < -0.39 is 11.5 Å². The molecule has 2 aliphatic heterocycles. The van der Waals surface area contributed by atoms with E-state index in [0.717, 1.165) is 30.9 Å². The number of benzene rings is 1. The number of methoxy groups -OCH3 is 1. The quantitative estimate of drug-likeness (QED) is 0.890. The number of nitrogens with zero attached hydrogens (tertiary/aromatic N) is 1. The second kappa shape index (κ2) is 5.56. The number of hydrogen-bond donors (Lipinski definition) is 2. The highest BCUT2D eigenvalue weighted by Gasteiger charge is 2.46. The Balaban J connectivity index is 1.82. The van der Waals surface area contributed by atoms with E-state index in [2.05, 4.69) is 10.2 Å². The summed E-state index contributed by atoms with van der Waals surface area (Å²) in [5.74, 6) is -0.0179. The summed E-state index contributed by atoms with van der Waals surface area (Å²) in [6.07, 6.45) is 3.59. The second-order valence-corrected chi connectivity index (χ2v) is 6.03. The van der Waals surface area contributed by atoms with Gasteiger partial charge in [0, 0.05) is 24.3 Å². The topological polar surface area (TPSA) is 61.8 Å². The van der Waals surface area contributed by atoms with Gasteiger partial charge in [0.1, 0.15) is 11.3 Å². The van der Waals surface area contributed by atoms with Gasteiger partial charge < -0.3 is 20.1 Å². The molecule has 0 aromatic heterocycles. The molecule has 5 nitrogen and oxygen atoms in total. The van der Waals surface area contributed by atoms with Crippen molar-refractivity contribution in [1.82, 2.24) is 4.90 Å². The van der Waals surface area contributed by atoms with Crippen LogP contribution in [0.5, 0.6) is 5.75 Å². The molecule has 0 spiro atoms. The van der Waals surface area contributed by atoms with E-state index in [4.69, 9.17) is 4.74 Å². The standard InChI is InChI=1S/C16H22N2O3/c1-21-14-6-2-4-12(10-14)17-16(15(19)20)7-9-18-8-3-5-13(18)11-16/h2,4,6,10,13,17H,3,5,7-9,11H2,1H3,(H,19,20). The monoisotopic (exact) mass is 290 g/mol. The number of hydrogen-bond acceptors (Lipinski definition) is 4. The van der Waals surface area contributed by atoms with E-state index in [9.17, 15) is 9.90 Å². The number of rotatable bonds is 4. The Hall–Kier alpha value is -1.75. The van der Waals surface area contributed by atoms with Crippen LogP contribution in [0.1, 0.15) is 25.7 Å². The highest BCUT2D eigenvalue weighted by molar-refractivity contribution is 5.83. The summed E-state index contributed by atoms with van der Waals surface area (Å²) in [6, 6.07) is 7.88. The van der Waals surface area contributed by atoms with Gasteiger partial charge in [0.15, 0.2) is 0 Å². The highest BCUT2D eigenvalue weighted by Crippen LogP contribution is 2.36. The zero-order chi connectivity index (χ0) is 14.9. The van der Waals surface area contributed by atoms with Crippen molar-refractivity contribution in [3.8, 4) is 5.75 Å². The number of carboxylic acids is 1. The van der Waals surface area contributed by atoms with E-state index in [1.807, 2.05) is 24.3 Å². The molecule has 1 aromatic carbocycles. The van der Waals surface area contributed by atoms with Crippen molar-refractivity contribution in [2.75, 3.05) is 25.5 Å². The van der Waals surface area contributed by atoms with Crippen molar-refractivity contribution in [2.45, 2.75) is 37.3 Å². The number of carboxylic acid groups (broad SMARTS) is 1. The van der Waals surface area contributed by atoms with Gasteiger partial charge in [0.25, 0.3) is 0 Å². The van der Waals surface area contributed by atoms with Gasteiger partial charge in [-0.05, 0) is 44.4 Å². The van der Waals surface area contributed by atoms with Crippen LogP contribution in [0, 0.1) is 0 Å². The minimum atomic E-state index is -0.863. The molecular weight excluding hydrogens is 268 g/mol. The van der Waals surface area contributed by atoms with Gasteiger partial charge in [-0.2, -0.15) is 0 Å². The van der Waals surface area contributed by atoms with Crippen molar-refractivity contribution in [2.24, 2.45) is 0 Å². The molecule has 0 aliphatic carbocycles. The number of aliphatic carboxylic acids is 1. The molecule has 21 heavy (non-hydrogen) atoms. The molecule has 114 valence electrons. The van der Waals surface area contributed by atoms with Crippen LogP contribution in [0.2, 0.25) is 0 Å². The molecule has 3 rings (SSSR count). The first-order chi connectivity index (χ1) is 10.1. The molecule has 2 unspecified atom stereocenters. The molecule has 1 aromatic rings. The minimum absolute atomic E-state index is 0.396. The average Bonchev–Trinajstić information content (AvgIpc) is 2.94. The van der Waals surface area contributed by atoms with Crippen molar-refractivity contribution < 1.29 is 14.6 Å². The lowest BCUT2D eigenvalue weighted by Gasteiger charge is -2.42. The van der Waals surface area contributed by atoms with Gasteiger partial charge in [0.05, 0.1) is 7.11 Å². The lowest BCUT2D eigenvalue weighted by molar-refractivity contribution is -0.144. The molecule has 0 saturated carbocycles. The zero-order valence-electron chi connectivity index (χ0n) is 12.3. The smallest absolute Gasteiger partial charge is 0.329 e. The molecule has 2 aliphatic rings. The number of anilines is 1. The van der Waals surface area contributed by atoms with E-state index in [1.54, 1.807) is 7.11 Å². The Morgan fingerprint density at radius 1 is 1.48 bits per heavy atom. The van der Waals surface area contributed by atoms with Crippen LogP contribution >= 0.6 is 0 Å². The molecule has 2 saturated heterocycles. The van der Waals surface area contributed by atoms with Crippen molar-refractivity contribution in [3.05, 3.63) is 24.3 Å². The third kappa shape index (κ3) is 2.70. The van der Waals surface area contributed by atoms with E-state index >= 15 is 0 Å². The molecule has 0 radical (unpaired) electrons. The summed E-state index contributed by atoms with van der Waals surface area (Å²) >= 11 is 0. The predicted molar refractivity (Wildman–Crippen MR) is 80.8 cm³/mol. The van der Waals surface area contributed by atoms with Crippen LogP contribution < -0.4 is 10.1 Å². The normalized spacial score (nSPS) is 28.9. The molecule has 0 amide bonds. The van der Waals surface area contributed by atoms with E-state index in [-0.39, 0.29) is 0 Å². The Morgan fingerprint density at radius 3 is 3.10 bits per heavy atom. The number of carbonyl (C=O) groups is 1. The summed E-state index contributed by atoms with van der Waals surface area (Å²) in [5.41, 5.74) is -0.0547. The molecule has 2 heterocycles. The van der Waals surface area contributed by atoms with Crippen LogP contribution in [0.3, 0.4) is 0 Å². The van der Waals surface area contributed by atoms with Crippen LogP contribution in [0.4, 0.5) is 5.69 Å². The largest absolute Gasteiger partial charge is 0.497 e. The summed E-state index contributed by atoms with van der Waals surface area (Å²) < 4.78 is 5.21. The van der Waals surface area contributed by atoms with E-state index in [1.165, 1.54) is 6.42 Å². The lowest BCUT2D eigenvalue weighted by atomic mass is 9.83. The Bertz CT molecular complexity index is 534. The second-order valence-electron chi connectivity index (χ2n) is 6.03. The summed E-state index contributed by atoms with van der Waals surface area (Å²) in [4.78, 5) is 14.3. The highest BCUT2D eigenvalue weighted by atomic mass is 16.5. The number of piperidine rings is 1. The lowest BCUT2D eigenvalue weighted by Crippen LogP contribution is -2.56. The Kier molecular flexibility index (Phi) is 3.76. The molecule has 5 heteroatoms. The van der Waals surface area contributed by atoms with Gasteiger partial charge in [-0.1, -0.05) is 6.07 Å². The number of ether oxygens (including phenoxy) is 1. The fourth-order valence-electron chi connectivity index (χ4n) is 3.60. The van der Waals surface area contributed by atoms with Gasteiger partial charge in [0.2, 0.25) is 0 Å². The molecular formula is C16H22N2O3. The van der Waals surface area contributed by atoms with Crippen molar-refractivity contribution in [3.63, 3.8) is 0 Å². The van der Waals surface area contributed by atoms with Gasteiger partial charge in [-0.25, -0.2) is 4.79 Å². The van der Waals surface area contributed by atoms with Crippen LogP contribution in [0.15, 0.2) is 24.3 Å². The maximum absolute atomic E-state index is 11.9.